The van der Waals surface area contributed by atoms with Gasteiger partial charge in [0, 0.05) is 5.69 Å². The van der Waals surface area contributed by atoms with E-state index in [1.54, 1.807) is 6.07 Å². The number of ether oxygens (including phenoxy) is 1. The van der Waals surface area contributed by atoms with Crippen LogP contribution in [-0.2, 0) is 4.79 Å². The van der Waals surface area contributed by atoms with Gasteiger partial charge in [0.05, 0.1) is 0 Å². The average Bonchev–Trinajstić information content (AvgIpc) is 2.44. The van der Waals surface area contributed by atoms with E-state index in [1.807, 2.05) is 0 Å². The number of hydrogen-bond acceptors (Lipinski definition) is 2. The molecule has 0 bridgehead atoms. The normalized spacial score (nSPS) is 11.8. The van der Waals surface area contributed by atoms with Crippen molar-refractivity contribution in [3.63, 3.8) is 0 Å². The molecule has 2 aromatic rings. The lowest BCUT2D eigenvalue weighted by atomic mass is 10.3. The summed E-state index contributed by atoms with van der Waals surface area (Å²) in [6, 6.07) is 11.2. The molecule has 0 saturated carbocycles. The Kier molecular flexibility index (Phi) is 4.30. The molecule has 3 nitrogen and oxygen atoms in total. The van der Waals surface area contributed by atoms with Crippen molar-refractivity contribution < 1.29 is 18.3 Å². The number of rotatable bonds is 4. The number of amides is 1. The number of benzene rings is 2. The Hall–Kier alpha value is -2.43. The van der Waals surface area contributed by atoms with Crippen LogP contribution in [0, 0.1) is 11.6 Å². The first-order valence-corrected chi connectivity index (χ1v) is 6.04. The summed E-state index contributed by atoms with van der Waals surface area (Å²) in [4.78, 5) is 11.9. The summed E-state index contributed by atoms with van der Waals surface area (Å²) >= 11 is 0. The Bertz CT molecular complexity index is 599. The number of carbonyl (C=O) groups is 1. The lowest BCUT2D eigenvalue weighted by molar-refractivity contribution is -0.122. The number of para-hydroxylation sites is 1. The van der Waals surface area contributed by atoms with Crippen molar-refractivity contribution in [3.05, 3.63) is 60.2 Å². The highest BCUT2D eigenvalue weighted by Crippen LogP contribution is 2.17. The first-order valence-electron chi connectivity index (χ1n) is 6.04. The van der Waals surface area contributed by atoms with Crippen LogP contribution in [0.2, 0.25) is 0 Å². The zero-order valence-electron chi connectivity index (χ0n) is 10.8. The summed E-state index contributed by atoms with van der Waals surface area (Å²) in [6.45, 7) is 1.51. The number of carbonyl (C=O) groups excluding carboxylic acids is 1. The molecule has 0 aromatic heterocycles. The average molecular weight is 277 g/mol. The molecule has 0 unspecified atom stereocenters. The van der Waals surface area contributed by atoms with Gasteiger partial charge in [-0.3, -0.25) is 4.79 Å². The predicted molar refractivity (Wildman–Crippen MR) is 71.5 cm³/mol. The second-order valence-electron chi connectivity index (χ2n) is 4.19. The Morgan fingerprint density at radius 3 is 2.40 bits per heavy atom. The van der Waals surface area contributed by atoms with Crippen LogP contribution >= 0.6 is 0 Å². The fourth-order valence-electron chi connectivity index (χ4n) is 1.56. The molecule has 1 amide bonds. The summed E-state index contributed by atoms with van der Waals surface area (Å²) in [6.07, 6.45) is -0.878. The monoisotopic (exact) mass is 277 g/mol. The molecule has 1 atom stereocenters. The molecule has 1 N–H and O–H groups in total. The maximum atomic E-state index is 13.4. The summed E-state index contributed by atoms with van der Waals surface area (Å²) in [5, 5.41) is 2.56. The van der Waals surface area contributed by atoms with Crippen molar-refractivity contribution in [2.45, 2.75) is 13.0 Å². The van der Waals surface area contributed by atoms with Crippen LogP contribution < -0.4 is 10.1 Å². The van der Waals surface area contributed by atoms with Gasteiger partial charge in [-0.15, -0.1) is 0 Å². The third-order valence-electron chi connectivity index (χ3n) is 2.62. The fourth-order valence-corrected chi connectivity index (χ4v) is 1.56. The Balaban J connectivity index is 1.99. The lowest BCUT2D eigenvalue weighted by Gasteiger charge is -2.15. The minimum absolute atomic E-state index is 0.00857. The quantitative estimate of drug-likeness (QED) is 0.930. The van der Waals surface area contributed by atoms with Crippen molar-refractivity contribution in [2.24, 2.45) is 0 Å². The van der Waals surface area contributed by atoms with Crippen molar-refractivity contribution >= 4 is 11.6 Å². The van der Waals surface area contributed by atoms with Gasteiger partial charge in [0.25, 0.3) is 5.91 Å². The molecule has 5 heteroatoms. The van der Waals surface area contributed by atoms with E-state index in [1.165, 1.54) is 49.4 Å². The smallest absolute Gasteiger partial charge is 0.265 e. The molecule has 0 radical (unpaired) electrons. The van der Waals surface area contributed by atoms with Gasteiger partial charge >= 0.3 is 0 Å². The number of halogens is 2. The van der Waals surface area contributed by atoms with Crippen molar-refractivity contribution in [2.75, 3.05) is 5.32 Å². The molecule has 20 heavy (non-hydrogen) atoms. The molecule has 2 rings (SSSR count). The van der Waals surface area contributed by atoms with E-state index in [4.69, 9.17) is 4.74 Å². The van der Waals surface area contributed by atoms with Gasteiger partial charge in [0.1, 0.15) is 5.82 Å². The van der Waals surface area contributed by atoms with E-state index in [0.29, 0.717) is 5.69 Å². The zero-order chi connectivity index (χ0) is 14.5. The van der Waals surface area contributed by atoms with Crippen molar-refractivity contribution in [1.82, 2.24) is 0 Å². The maximum Gasteiger partial charge on any atom is 0.265 e. The highest BCUT2D eigenvalue weighted by Gasteiger charge is 2.16. The summed E-state index contributed by atoms with van der Waals surface area (Å²) in [7, 11) is 0. The van der Waals surface area contributed by atoms with Crippen molar-refractivity contribution in [1.29, 1.82) is 0 Å². The Labute approximate surface area is 115 Å². The van der Waals surface area contributed by atoms with Crippen LogP contribution in [0.3, 0.4) is 0 Å². The zero-order valence-corrected chi connectivity index (χ0v) is 10.8. The van der Waals surface area contributed by atoms with Gasteiger partial charge in [-0.05, 0) is 43.3 Å². The number of hydrogen-bond donors (Lipinski definition) is 1. The molecule has 0 heterocycles. The van der Waals surface area contributed by atoms with Gasteiger partial charge in [-0.2, -0.15) is 0 Å². The summed E-state index contributed by atoms with van der Waals surface area (Å²) in [5.41, 5.74) is 0.445. The van der Waals surface area contributed by atoms with Gasteiger partial charge in [-0.1, -0.05) is 12.1 Å². The van der Waals surface area contributed by atoms with E-state index in [2.05, 4.69) is 5.32 Å². The second-order valence-corrected chi connectivity index (χ2v) is 4.19. The van der Waals surface area contributed by atoms with E-state index < -0.39 is 23.6 Å². The van der Waals surface area contributed by atoms with Crippen LogP contribution in [0.4, 0.5) is 14.5 Å². The van der Waals surface area contributed by atoms with E-state index >= 15 is 0 Å². The minimum atomic E-state index is -0.878. The molecule has 0 fully saturated rings. The maximum absolute atomic E-state index is 13.4. The summed E-state index contributed by atoms with van der Waals surface area (Å²) < 4.78 is 31.4. The first-order chi connectivity index (χ1) is 9.56. The van der Waals surface area contributed by atoms with Crippen LogP contribution in [0.15, 0.2) is 48.5 Å². The summed E-state index contributed by atoms with van der Waals surface area (Å²) in [5.74, 6) is -1.36. The largest absolute Gasteiger partial charge is 0.478 e. The van der Waals surface area contributed by atoms with E-state index in [-0.39, 0.29) is 5.75 Å². The molecule has 104 valence electrons. The third kappa shape index (κ3) is 3.54. The molecule has 0 aliphatic rings. The van der Waals surface area contributed by atoms with Crippen LogP contribution in [0.1, 0.15) is 6.92 Å². The van der Waals surface area contributed by atoms with Gasteiger partial charge in [0.2, 0.25) is 0 Å². The lowest BCUT2D eigenvalue weighted by Crippen LogP contribution is -2.30. The molecule has 2 aromatic carbocycles. The van der Waals surface area contributed by atoms with Crippen molar-refractivity contribution in [3.8, 4) is 5.75 Å². The minimum Gasteiger partial charge on any atom is -0.478 e. The SMILES string of the molecule is C[C@@H](Oc1ccccc1F)C(=O)Nc1ccc(F)cc1. The molecule has 0 aliphatic carbocycles. The van der Waals surface area contributed by atoms with Gasteiger partial charge in [0.15, 0.2) is 17.7 Å². The molecule has 0 aliphatic heterocycles. The van der Waals surface area contributed by atoms with Gasteiger partial charge in [-0.25, -0.2) is 8.78 Å². The Morgan fingerprint density at radius 1 is 1.10 bits per heavy atom. The highest BCUT2D eigenvalue weighted by molar-refractivity contribution is 5.94. The second kappa shape index (κ2) is 6.14. The fraction of sp³-hybridized carbons (Fsp3) is 0.133. The predicted octanol–water partition coefficient (Wildman–Crippen LogP) is 3.37. The van der Waals surface area contributed by atoms with E-state index in [0.717, 1.165) is 0 Å². The van der Waals surface area contributed by atoms with Crippen LogP contribution in [0.5, 0.6) is 5.75 Å². The van der Waals surface area contributed by atoms with Crippen LogP contribution in [-0.4, -0.2) is 12.0 Å². The molecule has 0 saturated heterocycles. The highest BCUT2D eigenvalue weighted by atomic mass is 19.1. The molecule has 0 spiro atoms. The topological polar surface area (TPSA) is 38.3 Å². The van der Waals surface area contributed by atoms with Crippen LogP contribution in [0.25, 0.3) is 0 Å². The Morgan fingerprint density at radius 2 is 1.75 bits per heavy atom. The molecular weight excluding hydrogens is 264 g/mol. The molecular formula is C15H13F2NO2. The van der Waals surface area contributed by atoms with E-state index in [9.17, 15) is 13.6 Å². The standard InChI is InChI=1S/C15H13F2NO2/c1-10(20-14-5-3-2-4-13(14)17)15(19)18-12-8-6-11(16)7-9-12/h2-10H,1H3,(H,18,19)/t10-/m1/s1. The number of nitrogens with one attached hydrogen (secondary N) is 1. The first kappa shape index (κ1) is 14.0. The third-order valence-corrected chi connectivity index (χ3v) is 2.62. The number of anilines is 1. The van der Waals surface area contributed by atoms with Gasteiger partial charge < -0.3 is 10.1 Å².